The van der Waals surface area contributed by atoms with E-state index >= 15 is 0 Å². The van der Waals surface area contributed by atoms with Gasteiger partial charge in [-0.3, -0.25) is 14.9 Å². The maximum absolute atomic E-state index is 13.9. The molecule has 1 saturated heterocycles. The molecule has 4 aromatic carbocycles. The molecule has 1 unspecified atom stereocenters. The van der Waals surface area contributed by atoms with Crippen molar-refractivity contribution in [1.29, 1.82) is 0 Å². The molecule has 1 heterocycles. The number of halogens is 1. The number of amides is 1. The van der Waals surface area contributed by atoms with Crippen LogP contribution in [0.3, 0.4) is 0 Å². The van der Waals surface area contributed by atoms with E-state index in [0.717, 1.165) is 16.7 Å². The Hall–Kier alpha value is -3.64. The number of phenols is 1. The molecule has 0 radical (unpaired) electrons. The number of aromatic hydroxyl groups is 1. The topological polar surface area (TPSA) is 61.8 Å². The van der Waals surface area contributed by atoms with Crippen molar-refractivity contribution >= 4 is 17.5 Å². The lowest BCUT2D eigenvalue weighted by Gasteiger charge is -2.41. The lowest BCUT2D eigenvalue weighted by atomic mass is 9.76. The number of carbonyl (C=O) groups is 1. The summed E-state index contributed by atoms with van der Waals surface area (Å²) < 4.78 is 0. The zero-order chi connectivity index (χ0) is 24.3. The van der Waals surface area contributed by atoms with Crippen molar-refractivity contribution in [2.45, 2.75) is 18.1 Å². The third-order valence-corrected chi connectivity index (χ3v) is 6.56. The van der Waals surface area contributed by atoms with Crippen molar-refractivity contribution in [3.63, 3.8) is 0 Å². The van der Waals surface area contributed by atoms with Gasteiger partial charge in [-0.05, 0) is 34.9 Å². The van der Waals surface area contributed by atoms with Crippen molar-refractivity contribution in [3.8, 4) is 5.75 Å². The third kappa shape index (κ3) is 4.30. The Balaban J connectivity index is 1.56. The third-order valence-electron chi connectivity index (χ3n) is 6.33. The van der Waals surface area contributed by atoms with Gasteiger partial charge in [0.2, 0.25) is 0 Å². The first-order valence-corrected chi connectivity index (χ1v) is 11.8. The first-order chi connectivity index (χ1) is 17.1. The van der Waals surface area contributed by atoms with E-state index < -0.39 is 11.6 Å². The number of phenolic OH excluding ortho intramolecular Hbond substituents is 1. The fraction of sp³-hybridized carbons (Fsp3) is 0.138. The maximum Gasteiger partial charge on any atom is 0.267 e. The lowest BCUT2D eigenvalue weighted by molar-refractivity contribution is -0.183. The van der Waals surface area contributed by atoms with E-state index in [1.54, 1.807) is 18.2 Å². The molecule has 2 N–H and O–H groups in total. The molecule has 0 bridgehead atoms. The summed E-state index contributed by atoms with van der Waals surface area (Å²) in [5.41, 5.74) is 2.37. The van der Waals surface area contributed by atoms with E-state index in [9.17, 15) is 9.90 Å². The average Bonchev–Trinajstić information content (AvgIpc) is 3.27. The summed E-state index contributed by atoms with van der Waals surface area (Å²) in [7, 11) is 0. The Labute approximate surface area is 209 Å². The van der Waals surface area contributed by atoms with Gasteiger partial charge in [-0.1, -0.05) is 103 Å². The Morgan fingerprint density at radius 3 is 1.89 bits per heavy atom. The fourth-order valence-electron chi connectivity index (χ4n) is 4.65. The Bertz CT molecular complexity index is 1200. The van der Waals surface area contributed by atoms with Gasteiger partial charge in [-0.15, -0.1) is 0 Å². The summed E-state index contributed by atoms with van der Waals surface area (Å²) in [5.74, 6) is -0.0691. The number of nitrogens with zero attached hydrogens (tertiary/aromatic N) is 1. The first kappa shape index (κ1) is 23.1. The van der Waals surface area contributed by atoms with Crippen LogP contribution in [0.4, 0.5) is 0 Å². The fourth-order valence-corrected chi connectivity index (χ4v) is 4.85. The molecule has 1 atom stereocenters. The minimum atomic E-state index is -0.991. The summed E-state index contributed by atoms with van der Waals surface area (Å²) in [6, 6.07) is 34.0. The van der Waals surface area contributed by atoms with Crippen LogP contribution in [0.2, 0.25) is 5.02 Å². The predicted octanol–water partition coefficient (Wildman–Crippen LogP) is 5.27. The van der Waals surface area contributed by atoms with Crippen LogP contribution in [0.1, 0.15) is 22.3 Å². The molecule has 35 heavy (non-hydrogen) atoms. The summed E-state index contributed by atoms with van der Waals surface area (Å²) >= 11 is 6.09. The Kier molecular flexibility index (Phi) is 6.55. The van der Waals surface area contributed by atoms with Gasteiger partial charge in [0.15, 0.2) is 0 Å². The monoisotopic (exact) mass is 484 g/mol. The van der Waals surface area contributed by atoms with Crippen molar-refractivity contribution in [2.75, 3.05) is 6.61 Å². The second-order valence-corrected chi connectivity index (χ2v) is 8.88. The predicted molar refractivity (Wildman–Crippen MR) is 136 cm³/mol. The summed E-state index contributed by atoms with van der Waals surface area (Å²) in [6.07, 6.45) is 0. The van der Waals surface area contributed by atoms with Gasteiger partial charge in [-0.2, -0.15) is 0 Å². The zero-order valence-corrected chi connectivity index (χ0v) is 19.7. The van der Waals surface area contributed by atoms with Gasteiger partial charge >= 0.3 is 0 Å². The van der Waals surface area contributed by atoms with E-state index in [-0.39, 0.29) is 24.8 Å². The minimum absolute atomic E-state index is 0.123. The quantitative estimate of drug-likeness (QED) is 0.351. The van der Waals surface area contributed by atoms with Crippen LogP contribution < -0.4 is 5.32 Å². The highest BCUT2D eigenvalue weighted by molar-refractivity contribution is 6.30. The second kappa shape index (κ2) is 9.92. The largest absolute Gasteiger partial charge is 0.508 e. The van der Waals surface area contributed by atoms with E-state index in [4.69, 9.17) is 16.4 Å². The summed E-state index contributed by atoms with van der Waals surface area (Å²) in [6.45, 7) is 0.434. The van der Waals surface area contributed by atoms with E-state index in [1.165, 1.54) is 5.06 Å². The Morgan fingerprint density at radius 2 is 1.37 bits per heavy atom. The number of benzene rings is 4. The van der Waals surface area contributed by atoms with Crippen molar-refractivity contribution in [3.05, 3.63) is 136 Å². The van der Waals surface area contributed by atoms with Crippen LogP contribution in [-0.4, -0.2) is 28.7 Å². The van der Waals surface area contributed by atoms with Gasteiger partial charge in [-0.25, -0.2) is 5.06 Å². The first-order valence-electron chi connectivity index (χ1n) is 11.4. The van der Waals surface area contributed by atoms with Crippen LogP contribution >= 0.6 is 11.6 Å². The normalized spacial score (nSPS) is 16.0. The Morgan fingerprint density at radius 1 is 0.857 bits per heavy atom. The molecule has 0 spiro atoms. The molecule has 5 rings (SSSR count). The number of hydrogen-bond donors (Lipinski definition) is 2. The molecule has 1 amide bonds. The molecule has 0 aromatic heterocycles. The van der Waals surface area contributed by atoms with Gasteiger partial charge < -0.3 is 5.11 Å². The molecule has 4 aromatic rings. The van der Waals surface area contributed by atoms with Gasteiger partial charge in [0.25, 0.3) is 5.91 Å². The van der Waals surface area contributed by atoms with Crippen LogP contribution in [-0.2, 0) is 21.7 Å². The summed E-state index contributed by atoms with van der Waals surface area (Å²) in [4.78, 5) is 20.1. The molecule has 1 fully saturated rings. The van der Waals surface area contributed by atoms with E-state index in [1.807, 2.05) is 91.0 Å². The number of hydroxylamine groups is 2. The molecule has 6 heteroatoms. The molecular weight excluding hydrogens is 460 g/mol. The summed E-state index contributed by atoms with van der Waals surface area (Å²) in [5, 5.41) is 15.4. The standard InChI is InChI=1S/C29H25ClN2O3/c30-25-16-17-27(33)21(18-25)19-31-26-20-35-32(28(26)34)29(22-10-4-1-5-11-22,23-12-6-2-7-13-23)24-14-8-3-9-15-24/h1-18,26,31,33H,19-20H2. The minimum Gasteiger partial charge on any atom is -0.508 e. The van der Waals surface area contributed by atoms with E-state index in [0.29, 0.717) is 10.6 Å². The number of carbonyl (C=O) groups excluding carboxylic acids is 1. The highest BCUT2D eigenvalue weighted by atomic mass is 35.5. The zero-order valence-electron chi connectivity index (χ0n) is 19.0. The van der Waals surface area contributed by atoms with Crippen molar-refractivity contribution < 1.29 is 14.7 Å². The molecule has 5 nitrogen and oxygen atoms in total. The molecule has 1 aliphatic rings. The number of nitrogens with one attached hydrogen (secondary N) is 1. The molecule has 0 aliphatic carbocycles. The molecule has 1 aliphatic heterocycles. The molecule has 176 valence electrons. The van der Waals surface area contributed by atoms with Crippen LogP contribution in [0.5, 0.6) is 5.75 Å². The number of hydrogen-bond acceptors (Lipinski definition) is 4. The van der Waals surface area contributed by atoms with E-state index in [2.05, 4.69) is 5.32 Å². The SMILES string of the molecule is O=C1C(NCc2cc(Cl)ccc2O)CON1C(c1ccccc1)(c1ccccc1)c1ccccc1. The van der Waals surface area contributed by atoms with Gasteiger partial charge in [0.1, 0.15) is 17.3 Å². The van der Waals surface area contributed by atoms with Crippen LogP contribution in [0.15, 0.2) is 109 Å². The smallest absolute Gasteiger partial charge is 0.267 e. The second-order valence-electron chi connectivity index (χ2n) is 8.44. The molecule has 0 saturated carbocycles. The highest BCUT2D eigenvalue weighted by Crippen LogP contribution is 2.44. The lowest BCUT2D eigenvalue weighted by Crippen LogP contribution is -2.50. The highest BCUT2D eigenvalue weighted by Gasteiger charge is 2.50. The van der Waals surface area contributed by atoms with Gasteiger partial charge in [0.05, 0.1) is 6.61 Å². The molecular formula is C29H25ClN2O3. The van der Waals surface area contributed by atoms with Gasteiger partial charge in [0, 0.05) is 17.1 Å². The number of rotatable bonds is 7. The van der Waals surface area contributed by atoms with Crippen molar-refractivity contribution in [2.24, 2.45) is 0 Å². The van der Waals surface area contributed by atoms with Crippen LogP contribution in [0, 0.1) is 0 Å². The average molecular weight is 485 g/mol. The van der Waals surface area contributed by atoms with Crippen molar-refractivity contribution in [1.82, 2.24) is 10.4 Å². The van der Waals surface area contributed by atoms with Crippen LogP contribution in [0.25, 0.3) is 0 Å². The maximum atomic E-state index is 13.9.